The standard InChI is InChI=1S/C24H23N7O/c1-31-15-21(23(30-31)18-4-2-3-11-26-18)29-24(32)20-8-7-19(27-14-16-5-6-16)22(28-20)17-9-12-25-13-10-17/h2-4,7-13,15-16,27H,5-6,14H2,1H3,(H,29,32). The molecule has 1 saturated carbocycles. The van der Waals surface area contributed by atoms with Crippen LogP contribution >= 0.6 is 0 Å². The molecule has 4 aromatic heterocycles. The lowest BCUT2D eigenvalue weighted by molar-refractivity contribution is 0.102. The lowest BCUT2D eigenvalue weighted by atomic mass is 10.1. The minimum absolute atomic E-state index is 0.306. The van der Waals surface area contributed by atoms with Crippen LogP contribution in [0, 0.1) is 5.92 Å². The summed E-state index contributed by atoms with van der Waals surface area (Å²) >= 11 is 0. The third-order valence-electron chi connectivity index (χ3n) is 5.34. The number of carbonyl (C=O) groups excluding carboxylic acids is 1. The van der Waals surface area contributed by atoms with Gasteiger partial charge in [0.15, 0.2) is 0 Å². The topological polar surface area (TPSA) is 97.6 Å². The molecule has 5 rings (SSSR count). The van der Waals surface area contributed by atoms with Crippen molar-refractivity contribution in [2.24, 2.45) is 13.0 Å². The number of nitrogens with one attached hydrogen (secondary N) is 2. The van der Waals surface area contributed by atoms with E-state index in [9.17, 15) is 4.79 Å². The molecule has 4 heterocycles. The average molecular weight is 425 g/mol. The van der Waals surface area contributed by atoms with Crippen LogP contribution in [0.5, 0.6) is 0 Å². The molecule has 1 aliphatic carbocycles. The van der Waals surface area contributed by atoms with Crippen LogP contribution in [0.2, 0.25) is 0 Å². The second-order valence-corrected chi connectivity index (χ2v) is 7.89. The van der Waals surface area contributed by atoms with Gasteiger partial charge >= 0.3 is 0 Å². The van der Waals surface area contributed by atoms with Crippen molar-refractivity contribution >= 4 is 17.3 Å². The number of nitrogens with zero attached hydrogens (tertiary/aromatic N) is 5. The first-order valence-corrected chi connectivity index (χ1v) is 10.6. The second kappa shape index (κ2) is 8.58. The minimum Gasteiger partial charge on any atom is -0.383 e. The maximum absolute atomic E-state index is 13.1. The van der Waals surface area contributed by atoms with Crippen LogP contribution in [0.15, 0.2) is 67.3 Å². The first-order chi connectivity index (χ1) is 15.7. The summed E-state index contributed by atoms with van der Waals surface area (Å²) in [7, 11) is 1.81. The monoisotopic (exact) mass is 425 g/mol. The predicted molar refractivity (Wildman–Crippen MR) is 123 cm³/mol. The second-order valence-electron chi connectivity index (χ2n) is 7.89. The maximum atomic E-state index is 13.1. The highest BCUT2D eigenvalue weighted by atomic mass is 16.1. The predicted octanol–water partition coefficient (Wildman–Crippen LogP) is 4.01. The molecule has 0 aromatic carbocycles. The Hall–Kier alpha value is -4.07. The van der Waals surface area contributed by atoms with E-state index in [4.69, 9.17) is 4.98 Å². The number of aromatic nitrogens is 5. The molecule has 0 bridgehead atoms. The Morgan fingerprint density at radius 2 is 1.88 bits per heavy atom. The molecule has 0 spiro atoms. The molecule has 160 valence electrons. The van der Waals surface area contributed by atoms with Gasteiger partial charge in [0.2, 0.25) is 0 Å². The zero-order chi connectivity index (χ0) is 21.9. The summed E-state index contributed by atoms with van der Waals surface area (Å²) in [5.41, 5.74) is 4.76. The molecule has 0 atom stereocenters. The van der Waals surface area contributed by atoms with Gasteiger partial charge in [-0.2, -0.15) is 5.10 Å². The van der Waals surface area contributed by atoms with Crippen LogP contribution in [0.1, 0.15) is 23.3 Å². The van der Waals surface area contributed by atoms with E-state index < -0.39 is 0 Å². The molecular formula is C24H23N7O. The van der Waals surface area contributed by atoms with Gasteiger partial charge in [-0.05, 0) is 55.2 Å². The van der Waals surface area contributed by atoms with Crippen LogP contribution in [-0.2, 0) is 7.05 Å². The maximum Gasteiger partial charge on any atom is 0.274 e. The number of carbonyl (C=O) groups is 1. The summed E-state index contributed by atoms with van der Waals surface area (Å²) in [5.74, 6) is 0.415. The Morgan fingerprint density at radius 3 is 2.62 bits per heavy atom. The van der Waals surface area contributed by atoms with Crippen LogP contribution in [0.4, 0.5) is 11.4 Å². The van der Waals surface area contributed by atoms with E-state index in [1.165, 1.54) is 12.8 Å². The smallest absolute Gasteiger partial charge is 0.274 e. The molecule has 32 heavy (non-hydrogen) atoms. The van der Waals surface area contributed by atoms with Gasteiger partial charge in [-0.3, -0.25) is 19.4 Å². The fourth-order valence-electron chi connectivity index (χ4n) is 3.49. The summed E-state index contributed by atoms with van der Waals surface area (Å²) in [6, 6.07) is 13.0. The lowest BCUT2D eigenvalue weighted by Crippen LogP contribution is -2.15. The molecular weight excluding hydrogens is 402 g/mol. The van der Waals surface area contributed by atoms with Crippen molar-refractivity contribution in [1.82, 2.24) is 24.7 Å². The number of amides is 1. The molecule has 4 aromatic rings. The molecule has 0 saturated heterocycles. The molecule has 2 N–H and O–H groups in total. The van der Waals surface area contributed by atoms with Crippen molar-refractivity contribution < 1.29 is 4.79 Å². The summed E-state index contributed by atoms with van der Waals surface area (Å²) in [5, 5.41) is 10.9. The molecule has 8 heteroatoms. The minimum atomic E-state index is -0.306. The van der Waals surface area contributed by atoms with Gasteiger partial charge in [0.05, 0.1) is 22.8 Å². The van der Waals surface area contributed by atoms with E-state index in [0.29, 0.717) is 22.8 Å². The van der Waals surface area contributed by atoms with E-state index in [1.54, 1.807) is 35.5 Å². The van der Waals surface area contributed by atoms with Crippen LogP contribution in [-0.4, -0.2) is 37.2 Å². The highest BCUT2D eigenvalue weighted by Gasteiger charge is 2.22. The zero-order valence-electron chi connectivity index (χ0n) is 17.7. The Morgan fingerprint density at radius 1 is 1.03 bits per heavy atom. The van der Waals surface area contributed by atoms with E-state index in [1.807, 2.05) is 43.4 Å². The lowest BCUT2D eigenvalue weighted by Gasteiger charge is -2.13. The van der Waals surface area contributed by atoms with Gasteiger partial charge in [0, 0.05) is 43.9 Å². The van der Waals surface area contributed by atoms with E-state index >= 15 is 0 Å². The number of rotatable bonds is 7. The Bertz CT molecular complexity index is 1230. The van der Waals surface area contributed by atoms with Crippen molar-refractivity contribution in [1.29, 1.82) is 0 Å². The van der Waals surface area contributed by atoms with Crippen molar-refractivity contribution in [2.45, 2.75) is 12.8 Å². The average Bonchev–Trinajstić information content (AvgIpc) is 3.59. The highest BCUT2D eigenvalue weighted by Crippen LogP contribution is 2.32. The van der Waals surface area contributed by atoms with Crippen LogP contribution in [0.25, 0.3) is 22.6 Å². The quantitative estimate of drug-likeness (QED) is 0.464. The number of anilines is 2. The van der Waals surface area contributed by atoms with Crippen LogP contribution < -0.4 is 10.6 Å². The Kier molecular flexibility index (Phi) is 5.33. The normalized spacial score (nSPS) is 13.0. The van der Waals surface area contributed by atoms with Crippen molar-refractivity contribution in [2.75, 3.05) is 17.2 Å². The molecule has 1 amide bonds. The van der Waals surface area contributed by atoms with Crippen molar-refractivity contribution in [3.05, 3.63) is 72.9 Å². The number of hydrogen-bond acceptors (Lipinski definition) is 6. The van der Waals surface area contributed by atoms with Crippen molar-refractivity contribution in [3.8, 4) is 22.6 Å². The van der Waals surface area contributed by atoms with Gasteiger partial charge in [0.1, 0.15) is 11.4 Å². The van der Waals surface area contributed by atoms with Crippen molar-refractivity contribution in [3.63, 3.8) is 0 Å². The van der Waals surface area contributed by atoms with Gasteiger partial charge in [-0.25, -0.2) is 4.98 Å². The number of aryl methyl sites for hydroxylation is 1. The number of pyridine rings is 3. The first-order valence-electron chi connectivity index (χ1n) is 10.6. The van der Waals surface area contributed by atoms with Gasteiger partial charge in [-0.1, -0.05) is 6.07 Å². The largest absolute Gasteiger partial charge is 0.383 e. The fourth-order valence-corrected chi connectivity index (χ4v) is 3.49. The summed E-state index contributed by atoms with van der Waals surface area (Å²) in [4.78, 5) is 26.3. The summed E-state index contributed by atoms with van der Waals surface area (Å²) in [6.07, 6.45) is 9.43. The summed E-state index contributed by atoms with van der Waals surface area (Å²) < 4.78 is 1.65. The third-order valence-corrected chi connectivity index (χ3v) is 5.34. The Labute approximate surface area is 185 Å². The SMILES string of the molecule is Cn1cc(NC(=O)c2ccc(NCC3CC3)c(-c3ccncc3)n2)c(-c2ccccn2)n1. The van der Waals surface area contributed by atoms with E-state index in [-0.39, 0.29) is 5.91 Å². The van der Waals surface area contributed by atoms with Gasteiger partial charge in [-0.15, -0.1) is 0 Å². The fraction of sp³-hybridized carbons (Fsp3) is 0.208. The highest BCUT2D eigenvalue weighted by molar-refractivity contribution is 6.05. The molecule has 0 unspecified atom stereocenters. The van der Waals surface area contributed by atoms with Gasteiger partial charge in [0.25, 0.3) is 5.91 Å². The zero-order valence-corrected chi connectivity index (χ0v) is 17.7. The van der Waals surface area contributed by atoms with Crippen LogP contribution in [0.3, 0.4) is 0 Å². The first kappa shape index (κ1) is 19.9. The third kappa shape index (κ3) is 4.34. The van der Waals surface area contributed by atoms with E-state index in [0.717, 1.165) is 29.4 Å². The Balaban J connectivity index is 1.44. The number of hydrogen-bond donors (Lipinski definition) is 2. The van der Waals surface area contributed by atoms with Gasteiger partial charge < -0.3 is 10.6 Å². The molecule has 8 nitrogen and oxygen atoms in total. The molecule has 1 aliphatic rings. The molecule has 1 fully saturated rings. The molecule has 0 radical (unpaired) electrons. The summed E-state index contributed by atoms with van der Waals surface area (Å²) in [6.45, 7) is 0.911. The van der Waals surface area contributed by atoms with E-state index in [2.05, 4.69) is 25.7 Å². The molecule has 0 aliphatic heterocycles.